The monoisotopic (exact) mass is 360 g/mol. The number of nitrogens with two attached hydrogens (primary N) is 1. The highest BCUT2D eigenvalue weighted by Crippen LogP contribution is 2.45. The summed E-state index contributed by atoms with van der Waals surface area (Å²) in [7, 11) is 0. The molecule has 0 amide bonds. The fraction of sp³-hybridized carbons (Fsp3) is 0.316. The number of fused-ring (bicyclic) bond motifs is 2. The van der Waals surface area contributed by atoms with Crippen LogP contribution in [0.5, 0.6) is 0 Å². The SMILES string of the molecule is NC1=NC2(CCCc3ccc(-c4cc(F)cc(Cl)c4)cc32)CCS1. The van der Waals surface area contributed by atoms with Crippen molar-refractivity contribution in [1.82, 2.24) is 0 Å². The van der Waals surface area contributed by atoms with Gasteiger partial charge in [-0.2, -0.15) is 0 Å². The molecule has 1 atom stereocenters. The number of thioether (sulfide) groups is 1. The summed E-state index contributed by atoms with van der Waals surface area (Å²) in [5.41, 5.74) is 10.2. The number of benzene rings is 2. The van der Waals surface area contributed by atoms with Gasteiger partial charge in [-0.1, -0.05) is 35.5 Å². The van der Waals surface area contributed by atoms with E-state index in [1.165, 1.54) is 23.3 Å². The molecule has 0 saturated carbocycles. The number of aliphatic imine (C=N–C) groups is 1. The summed E-state index contributed by atoms with van der Waals surface area (Å²) in [5, 5.41) is 1.09. The van der Waals surface area contributed by atoms with E-state index in [1.54, 1.807) is 17.8 Å². The van der Waals surface area contributed by atoms with Crippen molar-refractivity contribution in [3.63, 3.8) is 0 Å². The van der Waals surface area contributed by atoms with Crippen molar-refractivity contribution >= 4 is 28.5 Å². The van der Waals surface area contributed by atoms with Crippen LogP contribution in [0.2, 0.25) is 5.02 Å². The van der Waals surface area contributed by atoms with Crippen molar-refractivity contribution in [3.8, 4) is 11.1 Å². The Balaban J connectivity index is 1.85. The summed E-state index contributed by atoms with van der Waals surface area (Å²) in [5.74, 6) is 0.673. The average Bonchev–Trinajstić information content (AvgIpc) is 2.54. The van der Waals surface area contributed by atoms with E-state index in [0.29, 0.717) is 10.2 Å². The second-order valence-corrected chi connectivity index (χ2v) is 8.02. The molecule has 2 nitrogen and oxygen atoms in total. The molecule has 2 aromatic rings. The van der Waals surface area contributed by atoms with Crippen LogP contribution >= 0.6 is 23.4 Å². The lowest BCUT2D eigenvalue weighted by Gasteiger charge is -2.38. The maximum atomic E-state index is 13.7. The molecule has 0 aromatic heterocycles. The predicted octanol–water partition coefficient (Wildman–Crippen LogP) is 5.13. The van der Waals surface area contributed by atoms with E-state index >= 15 is 0 Å². The van der Waals surface area contributed by atoms with Crippen molar-refractivity contribution < 1.29 is 4.39 Å². The first-order valence-corrected chi connectivity index (χ1v) is 9.50. The molecule has 4 rings (SSSR count). The summed E-state index contributed by atoms with van der Waals surface area (Å²) < 4.78 is 13.7. The molecular formula is C19H18ClFN2S. The maximum Gasteiger partial charge on any atom is 0.154 e. The predicted molar refractivity (Wildman–Crippen MR) is 100 cm³/mol. The number of hydrogen-bond donors (Lipinski definition) is 1. The largest absolute Gasteiger partial charge is 0.379 e. The quantitative estimate of drug-likeness (QED) is 0.765. The first-order chi connectivity index (χ1) is 11.6. The van der Waals surface area contributed by atoms with Gasteiger partial charge < -0.3 is 5.73 Å². The Morgan fingerprint density at radius 1 is 1.12 bits per heavy atom. The van der Waals surface area contributed by atoms with Crippen LogP contribution in [0, 0.1) is 5.82 Å². The zero-order chi connectivity index (χ0) is 16.7. The minimum atomic E-state index is -0.318. The van der Waals surface area contributed by atoms with E-state index in [-0.39, 0.29) is 11.4 Å². The number of amidine groups is 1. The van der Waals surface area contributed by atoms with Crippen LogP contribution in [0.15, 0.2) is 41.4 Å². The van der Waals surface area contributed by atoms with Gasteiger partial charge in [-0.05, 0) is 72.2 Å². The molecule has 1 unspecified atom stereocenters. The van der Waals surface area contributed by atoms with E-state index in [9.17, 15) is 4.39 Å². The molecule has 2 aromatic carbocycles. The molecule has 0 radical (unpaired) electrons. The maximum absolute atomic E-state index is 13.7. The molecule has 24 heavy (non-hydrogen) atoms. The molecule has 1 heterocycles. The first-order valence-electron chi connectivity index (χ1n) is 8.14. The third-order valence-electron chi connectivity index (χ3n) is 4.93. The van der Waals surface area contributed by atoms with Gasteiger partial charge in [-0.25, -0.2) is 4.39 Å². The lowest BCUT2D eigenvalue weighted by Crippen LogP contribution is -2.35. The number of halogens is 2. The summed E-state index contributed by atoms with van der Waals surface area (Å²) >= 11 is 7.65. The molecule has 0 fully saturated rings. The van der Waals surface area contributed by atoms with Gasteiger partial charge in [0.1, 0.15) is 5.82 Å². The molecule has 2 aliphatic rings. The van der Waals surface area contributed by atoms with Crippen LogP contribution in [0.1, 0.15) is 30.4 Å². The molecule has 1 aliphatic heterocycles. The minimum Gasteiger partial charge on any atom is -0.379 e. The second kappa shape index (κ2) is 6.08. The molecular weight excluding hydrogens is 343 g/mol. The van der Waals surface area contributed by atoms with E-state index in [4.69, 9.17) is 22.3 Å². The fourth-order valence-corrected chi connectivity index (χ4v) is 4.94. The van der Waals surface area contributed by atoms with Gasteiger partial charge in [-0.3, -0.25) is 4.99 Å². The molecule has 0 bridgehead atoms. The Kier molecular flexibility index (Phi) is 4.05. The van der Waals surface area contributed by atoms with E-state index < -0.39 is 0 Å². The van der Waals surface area contributed by atoms with Crippen molar-refractivity contribution in [2.45, 2.75) is 31.2 Å². The van der Waals surface area contributed by atoms with E-state index in [2.05, 4.69) is 12.1 Å². The smallest absolute Gasteiger partial charge is 0.154 e. The highest BCUT2D eigenvalue weighted by molar-refractivity contribution is 8.13. The van der Waals surface area contributed by atoms with Crippen molar-refractivity contribution in [2.75, 3.05) is 5.75 Å². The number of nitrogens with zero attached hydrogens (tertiary/aromatic N) is 1. The fourth-order valence-electron chi connectivity index (χ4n) is 3.83. The number of hydrogen-bond acceptors (Lipinski definition) is 3. The Morgan fingerprint density at radius 3 is 2.79 bits per heavy atom. The van der Waals surface area contributed by atoms with Gasteiger partial charge in [0.2, 0.25) is 0 Å². The van der Waals surface area contributed by atoms with Crippen molar-refractivity contribution in [2.24, 2.45) is 10.7 Å². The number of aryl methyl sites for hydroxylation is 1. The third-order valence-corrected chi connectivity index (χ3v) is 5.95. The van der Waals surface area contributed by atoms with Crippen LogP contribution in [0.4, 0.5) is 4.39 Å². The summed E-state index contributed by atoms with van der Waals surface area (Å²) in [6.07, 6.45) is 4.21. The van der Waals surface area contributed by atoms with Gasteiger partial charge in [-0.15, -0.1) is 0 Å². The lowest BCUT2D eigenvalue weighted by molar-refractivity contribution is 0.364. The Labute approximate surface area is 150 Å². The first kappa shape index (κ1) is 16.0. The van der Waals surface area contributed by atoms with Gasteiger partial charge >= 0.3 is 0 Å². The van der Waals surface area contributed by atoms with E-state index in [1.807, 2.05) is 6.07 Å². The second-order valence-electron chi connectivity index (χ2n) is 6.46. The zero-order valence-corrected chi connectivity index (χ0v) is 14.8. The Hall–Kier alpha value is -1.52. The van der Waals surface area contributed by atoms with Crippen LogP contribution in [0.25, 0.3) is 11.1 Å². The molecule has 1 spiro atoms. The van der Waals surface area contributed by atoms with Gasteiger partial charge in [0.15, 0.2) is 5.17 Å². The van der Waals surface area contributed by atoms with Crippen LogP contribution in [-0.4, -0.2) is 10.9 Å². The molecule has 0 saturated heterocycles. The van der Waals surface area contributed by atoms with Gasteiger partial charge in [0, 0.05) is 10.8 Å². The topological polar surface area (TPSA) is 38.4 Å². The van der Waals surface area contributed by atoms with E-state index in [0.717, 1.165) is 42.6 Å². The van der Waals surface area contributed by atoms with Gasteiger partial charge in [0.05, 0.1) is 5.54 Å². The molecule has 2 N–H and O–H groups in total. The minimum absolute atomic E-state index is 0.212. The van der Waals surface area contributed by atoms with Crippen molar-refractivity contribution in [3.05, 3.63) is 58.4 Å². The summed E-state index contributed by atoms with van der Waals surface area (Å²) in [6, 6.07) is 11.0. The highest BCUT2D eigenvalue weighted by atomic mass is 35.5. The highest BCUT2D eigenvalue weighted by Gasteiger charge is 2.38. The Bertz CT molecular complexity index is 816. The summed E-state index contributed by atoms with van der Waals surface area (Å²) in [6.45, 7) is 0. The molecule has 1 aliphatic carbocycles. The summed E-state index contributed by atoms with van der Waals surface area (Å²) in [4.78, 5) is 4.84. The average molecular weight is 361 g/mol. The third kappa shape index (κ3) is 2.82. The van der Waals surface area contributed by atoms with Crippen LogP contribution < -0.4 is 5.73 Å². The van der Waals surface area contributed by atoms with Gasteiger partial charge in [0.25, 0.3) is 0 Å². The Morgan fingerprint density at radius 2 is 2.00 bits per heavy atom. The van der Waals surface area contributed by atoms with Crippen LogP contribution in [0.3, 0.4) is 0 Å². The normalized spacial score (nSPS) is 23.0. The number of rotatable bonds is 1. The molecule has 5 heteroatoms. The molecule has 124 valence electrons. The standard InChI is InChI=1S/C19H18ClFN2S/c20-15-8-14(9-16(21)11-15)13-4-3-12-2-1-5-19(17(12)10-13)6-7-24-18(22)23-19/h3-4,8-11H,1-2,5-7H2,(H2,22,23). The zero-order valence-electron chi connectivity index (χ0n) is 13.2. The lowest BCUT2D eigenvalue weighted by atomic mass is 9.74. The van der Waals surface area contributed by atoms with Crippen molar-refractivity contribution in [1.29, 1.82) is 0 Å². The van der Waals surface area contributed by atoms with Crippen LogP contribution in [-0.2, 0) is 12.0 Å².